The number of aliphatic carboxylic acids is 1. The smallest absolute Gasteiger partial charge is 0.315 e. The summed E-state index contributed by atoms with van der Waals surface area (Å²) >= 11 is 0. The fourth-order valence-electron chi connectivity index (χ4n) is 1.87. The number of carboxylic acids is 1. The number of amides is 2. The summed E-state index contributed by atoms with van der Waals surface area (Å²) in [5.74, 6) is -0.329. The first-order valence-electron chi connectivity index (χ1n) is 6.72. The largest absolute Gasteiger partial charge is 0.481 e. The Balaban J connectivity index is 3.97. The average Bonchev–Trinajstić information content (AvgIpc) is 2.22. The molecule has 1 unspecified atom stereocenters. The summed E-state index contributed by atoms with van der Waals surface area (Å²) in [4.78, 5) is 24.0. The van der Waals surface area contributed by atoms with Crippen LogP contribution < -0.4 is 10.6 Å². The molecule has 1 atom stereocenters. The number of hydrogen-bond donors (Lipinski definition) is 3. The maximum Gasteiger partial charge on any atom is 0.315 e. The molecule has 0 aliphatic rings. The molecular weight excluding hydrogens is 246 g/mol. The summed E-state index contributed by atoms with van der Waals surface area (Å²) in [7, 11) is 3.94. The van der Waals surface area contributed by atoms with Gasteiger partial charge in [0, 0.05) is 25.6 Å². The number of carbonyl (C=O) groups is 2. The molecule has 0 fully saturated rings. The van der Waals surface area contributed by atoms with Crippen LogP contribution in [0, 0.1) is 5.92 Å². The third-order valence-electron chi connectivity index (χ3n) is 2.53. The summed E-state index contributed by atoms with van der Waals surface area (Å²) in [5, 5.41) is 14.1. The lowest BCUT2D eigenvalue weighted by Crippen LogP contribution is -2.47. The van der Waals surface area contributed by atoms with Crippen molar-refractivity contribution in [1.82, 2.24) is 15.5 Å². The number of hydrogen-bond acceptors (Lipinski definition) is 3. The van der Waals surface area contributed by atoms with Crippen LogP contribution in [0.25, 0.3) is 0 Å². The van der Waals surface area contributed by atoms with E-state index in [-0.39, 0.29) is 18.5 Å². The van der Waals surface area contributed by atoms with Crippen molar-refractivity contribution in [3.05, 3.63) is 0 Å². The molecule has 0 aliphatic heterocycles. The fraction of sp³-hybridized carbons (Fsp3) is 0.846. The number of rotatable bonds is 9. The maximum atomic E-state index is 11.7. The normalized spacial score (nSPS) is 12.5. The summed E-state index contributed by atoms with van der Waals surface area (Å²) in [6, 6.07) is -0.118. The Bertz CT molecular complexity index is 270. The Hall–Kier alpha value is -1.30. The predicted octanol–water partition coefficient (Wildman–Crippen LogP) is 1.13. The third kappa shape index (κ3) is 11.5. The SMILES string of the molecule is CC(C)CC(CN(C)C)NC(=O)NCCCC(=O)O. The number of nitrogens with one attached hydrogen (secondary N) is 2. The van der Waals surface area contributed by atoms with Gasteiger partial charge in [0.25, 0.3) is 0 Å². The van der Waals surface area contributed by atoms with Crippen molar-refractivity contribution in [2.45, 2.75) is 39.2 Å². The van der Waals surface area contributed by atoms with E-state index >= 15 is 0 Å². The van der Waals surface area contributed by atoms with Gasteiger partial charge < -0.3 is 20.6 Å². The molecule has 0 spiro atoms. The van der Waals surface area contributed by atoms with E-state index in [4.69, 9.17) is 5.11 Å². The highest BCUT2D eigenvalue weighted by Gasteiger charge is 2.14. The molecule has 6 heteroatoms. The lowest BCUT2D eigenvalue weighted by atomic mass is 10.0. The first-order chi connectivity index (χ1) is 8.81. The monoisotopic (exact) mass is 273 g/mol. The molecule has 0 rings (SSSR count). The first-order valence-corrected chi connectivity index (χ1v) is 6.72. The highest BCUT2D eigenvalue weighted by atomic mass is 16.4. The first kappa shape index (κ1) is 17.7. The van der Waals surface area contributed by atoms with Gasteiger partial charge >= 0.3 is 12.0 Å². The number of carbonyl (C=O) groups excluding carboxylic acids is 1. The fourth-order valence-corrected chi connectivity index (χ4v) is 1.87. The standard InChI is InChI=1S/C13H27N3O3/c1-10(2)8-11(9-16(3)4)15-13(19)14-7-5-6-12(17)18/h10-11H,5-9H2,1-4H3,(H,17,18)(H2,14,15,19). The maximum absolute atomic E-state index is 11.7. The zero-order valence-corrected chi connectivity index (χ0v) is 12.4. The van der Waals surface area contributed by atoms with Gasteiger partial charge in [0.05, 0.1) is 0 Å². The van der Waals surface area contributed by atoms with E-state index in [2.05, 4.69) is 24.5 Å². The van der Waals surface area contributed by atoms with E-state index in [1.165, 1.54) is 0 Å². The molecule has 0 heterocycles. The van der Waals surface area contributed by atoms with Gasteiger partial charge in [-0.25, -0.2) is 4.79 Å². The van der Waals surface area contributed by atoms with Crippen molar-refractivity contribution >= 4 is 12.0 Å². The van der Waals surface area contributed by atoms with E-state index in [0.717, 1.165) is 13.0 Å². The molecule has 2 amide bonds. The van der Waals surface area contributed by atoms with Crippen LogP contribution >= 0.6 is 0 Å². The van der Waals surface area contributed by atoms with Gasteiger partial charge in [-0.1, -0.05) is 13.8 Å². The van der Waals surface area contributed by atoms with E-state index in [9.17, 15) is 9.59 Å². The van der Waals surface area contributed by atoms with E-state index < -0.39 is 5.97 Å². The van der Waals surface area contributed by atoms with Gasteiger partial charge in [-0.2, -0.15) is 0 Å². The molecule has 112 valence electrons. The molecule has 0 radical (unpaired) electrons. The van der Waals surface area contributed by atoms with Crippen molar-refractivity contribution in [3.8, 4) is 0 Å². The minimum atomic E-state index is -0.840. The average molecular weight is 273 g/mol. The summed E-state index contributed by atoms with van der Waals surface area (Å²) < 4.78 is 0. The molecule has 0 aromatic carbocycles. The number of urea groups is 1. The van der Waals surface area contributed by atoms with Gasteiger partial charge in [0.2, 0.25) is 0 Å². The van der Waals surface area contributed by atoms with Crippen molar-refractivity contribution in [2.75, 3.05) is 27.2 Å². The Labute approximate surface area is 115 Å². The Morgan fingerprint density at radius 1 is 1.26 bits per heavy atom. The zero-order chi connectivity index (χ0) is 14.8. The second-order valence-electron chi connectivity index (χ2n) is 5.49. The summed E-state index contributed by atoms with van der Waals surface area (Å²) in [6.45, 7) is 5.42. The zero-order valence-electron chi connectivity index (χ0n) is 12.4. The minimum absolute atomic E-state index is 0.0768. The van der Waals surface area contributed by atoms with E-state index in [1.807, 2.05) is 19.0 Å². The van der Waals surface area contributed by atoms with Crippen molar-refractivity contribution in [1.29, 1.82) is 0 Å². The van der Waals surface area contributed by atoms with Gasteiger partial charge in [-0.15, -0.1) is 0 Å². The highest BCUT2D eigenvalue weighted by Crippen LogP contribution is 2.05. The second-order valence-corrected chi connectivity index (χ2v) is 5.49. The quantitative estimate of drug-likeness (QED) is 0.550. The molecule has 0 saturated carbocycles. The van der Waals surface area contributed by atoms with Crippen LogP contribution in [-0.4, -0.2) is 55.2 Å². The lowest BCUT2D eigenvalue weighted by molar-refractivity contribution is -0.137. The van der Waals surface area contributed by atoms with Gasteiger partial charge in [0.15, 0.2) is 0 Å². The lowest BCUT2D eigenvalue weighted by Gasteiger charge is -2.24. The summed E-state index contributed by atoms with van der Waals surface area (Å²) in [6.07, 6.45) is 1.44. The van der Waals surface area contributed by atoms with Crippen LogP contribution in [0.15, 0.2) is 0 Å². The van der Waals surface area contributed by atoms with Crippen molar-refractivity contribution in [3.63, 3.8) is 0 Å². The Morgan fingerprint density at radius 3 is 2.37 bits per heavy atom. The predicted molar refractivity (Wildman–Crippen MR) is 75.2 cm³/mol. The molecule has 6 nitrogen and oxygen atoms in total. The van der Waals surface area contributed by atoms with Crippen molar-refractivity contribution in [2.24, 2.45) is 5.92 Å². The number of nitrogens with zero attached hydrogens (tertiary/aromatic N) is 1. The van der Waals surface area contributed by atoms with Crippen LogP contribution in [0.4, 0.5) is 4.79 Å². The number of carboxylic acid groups (broad SMARTS) is 1. The van der Waals surface area contributed by atoms with Crippen molar-refractivity contribution < 1.29 is 14.7 Å². The Morgan fingerprint density at radius 2 is 1.89 bits per heavy atom. The van der Waals surface area contributed by atoms with E-state index in [1.54, 1.807) is 0 Å². The number of likely N-dealkylation sites (N-methyl/N-ethyl adjacent to an activating group) is 1. The van der Waals surface area contributed by atoms with Crippen LogP contribution in [0.2, 0.25) is 0 Å². The van der Waals surface area contributed by atoms with Crippen LogP contribution in [0.1, 0.15) is 33.1 Å². The Kier molecular flexibility index (Phi) is 8.95. The molecule has 19 heavy (non-hydrogen) atoms. The molecule has 0 aromatic rings. The minimum Gasteiger partial charge on any atom is -0.481 e. The highest BCUT2D eigenvalue weighted by molar-refractivity contribution is 5.74. The van der Waals surface area contributed by atoms with Crippen LogP contribution in [-0.2, 0) is 4.79 Å². The van der Waals surface area contributed by atoms with Crippen LogP contribution in [0.3, 0.4) is 0 Å². The molecule has 3 N–H and O–H groups in total. The van der Waals surface area contributed by atoms with Gasteiger partial charge in [0.1, 0.15) is 0 Å². The molecule has 0 saturated heterocycles. The third-order valence-corrected chi connectivity index (χ3v) is 2.53. The topological polar surface area (TPSA) is 81.7 Å². The van der Waals surface area contributed by atoms with E-state index in [0.29, 0.717) is 18.9 Å². The molecular formula is C13H27N3O3. The summed E-state index contributed by atoms with van der Waals surface area (Å²) in [5.41, 5.74) is 0. The van der Waals surface area contributed by atoms with Crippen LogP contribution in [0.5, 0.6) is 0 Å². The van der Waals surface area contributed by atoms with Gasteiger partial charge in [-0.05, 0) is 32.9 Å². The van der Waals surface area contributed by atoms with Gasteiger partial charge in [-0.3, -0.25) is 4.79 Å². The molecule has 0 aliphatic carbocycles. The molecule has 0 aromatic heterocycles. The second kappa shape index (κ2) is 9.61. The molecule has 0 bridgehead atoms.